The fraction of sp³-hybridized carbons (Fsp3) is 0.375. The molecule has 60 valence electrons. The summed E-state index contributed by atoms with van der Waals surface area (Å²) >= 11 is 0. The van der Waals surface area contributed by atoms with Crippen LogP contribution in [0.2, 0.25) is 0 Å². The fourth-order valence-electron chi connectivity index (χ4n) is 0.913. The van der Waals surface area contributed by atoms with Crippen LogP contribution in [0.25, 0.3) is 0 Å². The highest BCUT2D eigenvalue weighted by atomic mass is 16.5. The molecule has 0 saturated carbocycles. The largest absolute Gasteiger partial charge is 0.491 e. The van der Waals surface area contributed by atoms with Crippen LogP contribution in [0.15, 0.2) is 12.3 Å². The van der Waals surface area contributed by atoms with E-state index in [2.05, 4.69) is 4.98 Å². The number of hydrogen-bond acceptors (Lipinski definition) is 3. The Morgan fingerprint density at radius 2 is 2.00 bits per heavy atom. The molecule has 0 unspecified atom stereocenters. The van der Waals surface area contributed by atoms with Crippen LogP contribution in [-0.2, 0) is 0 Å². The lowest BCUT2D eigenvalue weighted by atomic mass is 10.3. The van der Waals surface area contributed by atoms with Crippen LogP contribution in [0, 0.1) is 6.92 Å². The Labute approximate surface area is 66.0 Å². The molecule has 0 bridgehead atoms. The van der Waals surface area contributed by atoms with Gasteiger partial charge in [-0.2, -0.15) is 0 Å². The average Bonchev–Trinajstić information content (AvgIpc) is 2.04. The number of rotatable bonds is 2. The molecule has 0 atom stereocenters. The molecule has 0 saturated heterocycles. The summed E-state index contributed by atoms with van der Waals surface area (Å²) in [5.74, 6) is 1.24. The van der Waals surface area contributed by atoms with Crippen LogP contribution in [0.5, 0.6) is 11.6 Å². The first-order valence-electron chi connectivity index (χ1n) is 3.33. The molecule has 1 rings (SSSR count). The molecule has 0 aromatic carbocycles. The summed E-state index contributed by atoms with van der Waals surface area (Å²) in [6.45, 7) is 1.95. The minimum absolute atomic E-state index is 0.535. The van der Waals surface area contributed by atoms with Gasteiger partial charge < -0.3 is 9.47 Å². The van der Waals surface area contributed by atoms with Gasteiger partial charge in [0.2, 0.25) is 0 Å². The number of aromatic nitrogens is 1. The molecule has 0 fully saturated rings. The molecular weight excluding hydrogens is 142 g/mol. The van der Waals surface area contributed by atoms with Gasteiger partial charge in [-0.1, -0.05) is 0 Å². The third kappa shape index (κ3) is 1.42. The molecule has 0 amide bonds. The van der Waals surface area contributed by atoms with Crippen molar-refractivity contribution in [1.82, 2.24) is 4.98 Å². The van der Waals surface area contributed by atoms with Crippen LogP contribution in [0.3, 0.4) is 0 Å². The molecule has 3 nitrogen and oxygen atoms in total. The normalized spacial score (nSPS) is 9.36. The van der Waals surface area contributed by atoms with E-state index in [1.54, 1.807) is 20.4 Å². The van der Waals surface area contributed by atoms with Crippen LogP contribution in [0.4, 0.5) is 0 Å². The van der Waals surface area contributed by atoms with E-state index in [0.717, 1.165) is 5.56 Å². The van der Waals surface area contributed by atoms with E-state index in [9.17, 15) is 0 Å². The summed E-state index contributed by atoms with van der Waals surface area (Å²) < 4.78 is 10.1. The third-order valence-electron chi connectivity index (χ3n) is 1.47. The van der Waals surface area contributed by atoms with Gasteiger partial charge in [-0.25, -0.2) is 4.98 Å². The number of ether oxygens (including phenoxy) is 2. The Hall–Kier alpha value is -1.25. The summed E-state index contributed by atoms with van der Waals surface area (Å²) in [6, 6.07) is 1.88. The van der Waals surface area contributed by atoms with E-state index < -0.39 is 0 Å². The van der Waals surface area contributed by atoms with Gasteiger partial charge in [0.15, 0.2) is 5.75 Å². The molecular formula is C8H11NO2. The second-order valence-corrected chi connectivity index (χ2v) is 2.17. The maximum Gasteiger partial charge on any atom is 0.256 e. The van der Waals surface area contributed by atoms with E-state index in [4.69, 9.17) is 9.47 Å². The van der Waals surface area contributed by atoms with Crippen LogP contribution in [-0.4, -0.2) is 19.2 Å². The molecule has 3 heteroatoms. The first-order chi connectivity index (χ1) is 5.29. The molecule has 1 heterocycles. The van der Waals surface area contributed by atoms with Crippen molar-refractivity contribution in [3.05, 3.63) is 17.8 Å². The second kappa shape index (κ2) is 3.23. The first kappa shape index (κ1) is 7.85. The van der Waals surface area contributed by atoms with Gasteiger partial charge in [0.05, 0.1) is 14.2 Å². The number of nitrogens with zero attached hydrogens (tertiary/aromatic N) is 1. The molecule has 0 N–H and O–H groups in total. The van der Waals surface area contributed by atoms with Gasteiger partial charge in [-0.3, -0.25) is 0 Å². The number of hydrogen-bond donors (Lipinski definition) is 0. The minimum atomic E-state index is 0.535. The number of methoxy groups -OCH3 is 2. The predicted molar refractivity (Wildman–Crippen MR) is 42.1 cm³/mol. The fourth-order valence-corrected chi connectivity index (χ4v) is 0.913. The molecule has 1 aromatic heterocycles. The van der Waals surface area contributed by atoms with Gasteiger partial charge in [0, 0.05) is 6.20 Å². The van der Waals surface area contributed by atoms with E-state index in [1.807, 2.05) is 13.0 Å². The molecule has 0 spiro atoms. The topological polar surface area (TPSA) is 31.4 Å². The van der Waals surface area contributed by atoms with Crippen molar-refractivity contribution in [3.63, 3.8) is 0 Å². The maximum absolute atomic E-state index is 5.08. The Kier molecular flexibility index (Phi) is 2.31. The minimum Gasteiger partial charge on any atom is -0.491 e. The van der Waals surface area contributed by atoms with Crippen molar-refractivity contribution in [2.24, 2.45) is 0 Å². The average molecular weight is 153 g/mol. The van der Waals surface area contributed by atoms with E-state index in [-0.39, 0.29) is 0 Å². The predicted octanol–water partition coefficient (Wildman–Crippen LogP) is 1.41. The van der Waals surface area contributed by atoms with Crippen LogP contribution < -0.4 is 9.47 Å². The zero-order chi connectivity index (χ0) is 8.27. The molecule has 0 aliphatic carbocycles. The van der Waals surface area contributed by atoms with Gasteiger partial charge in [0.1, 0.15) is 0 Å². The Morgan fingerprint density at radius 1 is 1.27 bits per heavy atom. The molecule has 0 radical (unpaired) electrons. The van der Waals surface area contributed by atoms with E-state index >= 15 is 0 Å². The van der Waals surface area contributed by atoms with Gasteiger partial charge in [-0.15, -0.1) is 0 Å². The van der Waals surface area contributed by atoms with Crippen molar-refractivity contribution in [3.8, 4) is 11.6 Å². The zero-order valence-electron chi connectivity index (χ0n) is 6.92. The van der Waals surface area contributed by atoms with Crippen molar-refractivity contribution in [2.45, 2.75) is 6.92 Å². The van der Waals surface area contributed by atoms with Crippen LogP contribution >= 0.6 is 0 Å². The van der Waals surface area contributed by atoms with E-state index in [1.165, 1.54) is 0 Å². The third-order valence-corrected chi connectivity index (χ3v) is 1.47. The van der Waals surface area contributed by atoms with Crippen LogP contribution in [0.1, 0.15) is 5.56 Å². The lowest BCUT2D eigenvalue weighted by Gasteiger charge is -2.07. The Balaban J connectivity index is 3.13. The monoisotopic (exact) mass is 153 g/mol. The standard InChI is InChI=1S/C8H11NO2/c1-6-4-5-9-8(11-3)7(6)10-2/h4-5H,1-3H3. The highest BCUT2D eigenvalue weighted by molar-refractivity contribution is 5.40. The smallest absolute Gasteiger partial charge is 0.256 e. The number of aryl methyl sites for hydroxylation is 1. The highest BCUT2D eigenvalue weighted by Gasteiger charge is 2.05. The zero-order valence-corrected chi connectivity index (χ0v) is 6.92. The molecule has 1 aromatic rings. The Bertz CT molecular complexity index is 248. The second-order valence-electron chi connectivity index (χ2n) is 2.17. The van der Waals surface area contributed by atoms with Gasteiger partial charge in [-0.05, 0) is 18.6 Å². The molecule has 0 aliphatic rings. The summed E-state index contributed by atoms with van der Waals surface area (Å²) in [6.07, 6.45) is 1.69. The number of pyridine rings is 1. The highest BCUT2D eigenvalue weighted by Crippen LogP contribution is 2.26. The van der Waals surface area contributed by atoms with Gasteiger partial charge in [0.25, 0.3) is 5.88 Å². The lowest BCUT2D eigenvalue weighted by Crippen LogP contribution is -1.94. The maximum atomic E-state index is 5.08. The first-order valence-corrected chi connectivity index (χ1v) is 3.33. The van der Waals surface area contributed by atoms with Crippen molar-refractivity contribution in [1.29, 1.82) is 0 Å². The summed E-state index contributed by atoms with van der Waals surface area (Å²) in [5.41, 5.74) is 1.03. The molecule has 0 aliphatic heterocycles. The Morgan fingerprint density at radius 3 is 2.45 bits per heavy atom. The van der Waals surface area contributed by atoms with Crippen molar-refractivity contribution >= 4 is 0 Å². The van der Waals surface area contributed by atoms with Gasteiger partial charge >= 0.3 is 0 Å². The quantitative estimate of drug-likeness (QED) is 0.643. The summed E-state index contributed by atoms with van der Waals surface area (Å²) in [7, 11) is 3.18. The lowest BCUT2D eigenvalue weighted by molar-refractivity contribution is 0.341. The van der Waals surface area contributed by atoms with Crippen molar-refractivity contribution in [2.75, 3.05) is 14.2 Å². The SMILES string of the molecule is COc1nccc(C)c1OC. The summed E-state index contributed by atoms with van der Waals surface area (Å²) in [5, 5.41) is 0. The molecule has 11 heavy (non-hydrogen) atoms. The van der Waals surface area contributed by atoms with Crippen molar-refractivity contribution < 1.29 is 9.47 Å². The summed E-state index contributed by atoms with van der Waals surface area (Å²) in [4.78, 5) is 3.98. The van der Waals surface area contributed by atoms with E-state index in [0.29, 0.717) is 11.6 Å².